The van der Waals surface area contributed by atoms with E-state index in [4.69, 9.17) is 19.5 Å². The minimum Gasteiger partial charge on any atom is -0.377 e. The summed E-state index contributed by atoms with van der Waals surface area (Å²) in [6, 6.07) is 3.85. The lowest BCUT2D eigenvalue weighted by molar-refractivity contribution is 0.0862. The van der Waals surface area contributed by atoms with Crippen molar-refractivity contribution in [2.75, 3.05) is 5.32 Å². The van der Waals surface area contributed by atoms with Gasteiger partial charge in [0.1, 0.15) is 16.9 Å². The zero-order valence-corrected chi connectivity index (χ0v) is 22.7. The summed E-state index contributed by atoms with van der Waals surface area (Å²) in [5, 5.41) is 19.4. The van der Waals surface area contributed by atoms with Crippen LogP contribution in [0.4, 0.5) is 5.82 Å². The Morgan fingerprint density at radius 1 is 1.21 bits per heavy atom. The standard InChI is InChI=1S/C28H36N8O3/c1-16-9-11-18(12-10-16)15-36-21-22(30-17(2)19-6-4-7-19)31-24(25-34-27(37)39-35-25)32-23(21)33-26(36)28(3,38)20-8-5-13-29-14-20/h5,8,13-14,16-19,38H,4,6-7,9-12,15H2,1-3H3,(H,30,31,32)(H,34,35,37). The monoisotopic (exact) mass is 532 g/mol. The third-order valence-corrected chi connectivity index (χ3v) is 8.71. The van der Waals surface area contributed by atoms with Crippen molar-refractivity contribution in [1.29, 1.82) is 0 Å². The van der Waals surface area contributed by atoms with Crippen LogP contribution in [-0.4, -0.2) is 45.8 Å². The van der Waals surface area contributed by atoms with Gasteiger partial charge >= 0.3 is 5.76 Å². The molecular weight excluding hydrogens is 496 g/mol. The van der Waals surface area contributed by atoms with Crippen molar-refractivity contribution in [3.8, 4) is 11.6 Å². The predicted molar refractivity (Wildman–Crippen MR) is 146 cm³/mol. The molecule has 2 atom stereocenters. The van der Waals surface area contributed by atoms with Crippen LogP contribution in [0, 0.1) is 17.8 Å². The number of aromatic nitrogens is 7. The summed E-state index contributed by atoms with van der Waals surface area (Å²) in [6.45, 7) is 6.93. The molecule has 206 valence electrons. The van der Waals surface area contributed by atoms with Crippen LogP contribution >= 0.6 is 0 Å². The second-order valence-corrected chi connectivity index (χ2v) is 11.6. The van der Waals surface area contributed by atoms with E-state index < -0.39 is 11.4 Å². The summed E-state index contributed by atoms with van der Waals surface area (Å²) in [5.74, 6) is 2.51. The molecule has 2 unspecified atom stereocenters. The molecule has 0 amide bonds. The lowest BCUT2D eigenvalue weighted by Crippen LogP contribution is -2.32. The number of nitrogens with one attached hydrogen (secondary N) is 2. The van der Waals surface area contributed by atoms with E-state index in [1.807, 2.05) is 12.1 Å². The summed E-state index contributed by atoms with van der Waals surface area (Å²) >= 11 is 0. The van der Waals surface area contributed by atoms with Crippen LogP contribution < -0.4 is 11.1 Å². The fourth-order valence-electron chi connectivity index (χ4n) is 5.94. The number of nitrogens with zero attached hydrogens (tertiary/aromatic N) is 6. The first-order valence-electron chi connectivity index (χ1n) is 14.0. The first-order valence-corrected chi connectivity index (χ1v) is 14.0. The molecule has 2 aliphatic carbocycles. The van der Waals surface area contributed by atoms with Crippen molar-refractivity contribution in [1.82, 2.24) is 34.6 Å². The Labute approximate surface area is 226 Å². The first-order chi connectivity index (χ1) is 18.8. The third-order valence-electron chi connectivity index (χ3n) is 8.71. The van der Waals surface area contributed by atoms with E-state index in [0.29, 0.717) is 41.2 Å². The van der Waals surface area contributed by atoms with Gasteiger partial charge in [-0.3, -0.25) is 14.5 Å². The largest absolute Gasteiger partial charge is 0.439 e. The highest BCUT2D eigenvalue weighted by atomic mass is 16.5. The molecule has 2 fully saturated rings. The van der Waals surface area contributed by atoms with Gasteiger partial charge in [-0.05, 0) is 63.4 Å². The van der Waals surface area contributed by atoms with E-state index in [-0.39, 0.29) is 17.7 Å². The molecule has 11 nitrogen and oxygen atoms in total. The SMILES string of the molecule is CC1CCC(Cn2c(C(C)(O)c3cccnc3)nc3nc(-c4noc(=O)[nH]4)nc(NC(C)C4CCC4)c32)CC1. The van der Waals surface area contributed by atoms with Crippen LogP contribution in [-0.2, 0) is 12.1 Å². The van der Waals surface area contributed by atoms with Crippen molar-refractivity contribution in [3.63, 3.8) is 0 Å². The second-order valence-electron chi connectivity index (χ2n) is 11.6. The number of anilines is 1. The molecule has 0 spiro atoms. The van der Waals surface area contributed by atoms with Gasteiger partial charge in [0.2, 0.25) is 11.6 Å². The van der Waals surface area contributed by atoms with E-state index in [2.05, 4.69) is 38.9 Å². The van der Waals surface area contributed by atoms with E-state index in [0.717, 1.165) is 24.3 Å². The number of hydrogen-bond acceptors (Lipinski definition) is 9. The highest BCUT2D eigenvalue weighted by Gasteiger charge is 2.36. The molecule has 39 heavy (non-hydrogen) atoms. The minimum atomic E-state index is -1.42. The van der Waals surface area contributed by atoms with Crippen LogP contribution in [0.25, 0.3) is 22.8 Å². The molecule has 2 saturated carbocycles. The molecule has 0 bridgehead atoms. The molecule has 0 saturated heterocycles. The van der Waals surface area contributed by atoms with Gasteiger partial charge in [-0.1, -0.05) is 37.4 Å². The van der Waals surface area contributed by atoms with Gasteiger partial charge in [0.15, 0.2) is 11.5 Å². The molecule has 6 rings (SSSR count). The molecule has 3 N–H and O–H groups in total. The number of hydrogen-bond donors (Lipinski definition) is 3. The van der Waals surface area contributed by atoms with Gasteiger partial charge in [0, 0.05) is 30.5 Å². The number of aromatic amines is 1. The number of fused-ring (bicyclic) bond motifs is 1. The van der Waals surface area contributed by atoms with Crippen molar-refractivity contribution < 1.29 is 9.63 Å². The Kier molecular flexibility index (Phi) is 6.70. The van der Waals surface area contributed by atoms with E-state index >= 15 is 0 Å². The van der Waals surface area contributed by atoms with Gasteiger partial charge in [-0.2, -0.15) is 0 Å². The lowest BCUT2D eigenvalue weighted by atomic mass is 9.80. The Morgan fingerprint density at radius 2 is 2.00 bits per heavy atom. The molecule has 0 aliphatic heterocycles. The second kappa shape index (κ2) is 10.2. The van der Waals surface area contributed by atoms with Gasteiger partial charge in [-0.15, -0.1) is 0 Å². The highest BCUT2D eigenvalue weighted by Crippen LogP contribution is 2.38. The molecule has 4 aromatic rings. The Morgan fingerprint density at radius 3 is 2.64 bits per heavy atom. The smallest absolute Gasteiger partial charge is 0.377 e. The van der Waals surface area contributed by atoms with Crippen LogP contribution in [0.15, 0.2) is 33.8 Å². The molecule has 0 aromatic carbocycles. The summed E-state index contributed by atoms with van der Waals surface area (Å²) in [7, 11) is 0. The average molecular weight is 533 g/mol. The van der Waals surface area contributed by atoms with Crippen molar-refractivity contribution in [2.24, 2.45) is 17.8 Å². The normalized spacial score (nSPS) is 22.4. The van der Waals surface area contributed by atoms with E-state index in [1.165, 1.54) is 32.1 Å². The molecule has 4 aromatic heterocycles. The molecule has 11 heteroatoms. The van der Waals surface area contributed by atoms with Crippen LogP contribution in [0.3, 0.4) is 0 Å². The number of rotatable bonds is 8. The average Bonchev–Trinajstić information content (AvgIpc) is 3.49. The lowest BCUT2D eigenvalue weighted by Gasteiger charge is -2.33. The van der Waals surface area contributed by atoms with Crippen LogP contribution in [0.1, 0.15) is 77.1 Å². The predicted octanol–water partition coefficient (Wildman–Crippen LogP) is 4.25. The first kappa shape index (κ1) is 25.7. The Bertz CT molecular complexity index is 1500. The third kappa shape index (κ3) is 4.95. The zero-order chi connectivity index (χ0) is 27.1. The molecule has 2 aliphatic rings. The summed E-state index contributed by atoms with van der Waals surface area (Å²) in [5.41, 5.74) is 0.394. The summed E-state index contributed by atoms with van der Waals surface area (Å²) in [4.78, 5) is 32.9. The summed E-state index contributed by atoms with van der Waals surface area (Å²) < 4.78 is 6.84. The molecular formula is C28H36N8O3. The van der Waals surface area contributed by atoms with Gasteiger partial charge in [0.25, 0.3) is 0 Å². The van der Waals surface area contributed by atoms with Crippen molar-refractivity contribution >= 4 is 17.0 Å². The number of H-pyrrole nitrogens is 1. The van der Waals surface area contributed by atoms with Crippen molar-refractivity contribution in [2.45, 2.75) is 83.9 Å². The maximum Gasteiger partial charge on any atom is 0.439 e. The highest BCUT2D eigenvalue weighted by molar-refractivity contribution is 5.86. The molecule has 4 heterocycles. The van der Waals surface area contributed by atoms with Gasteiger partial charge in [0.05, 0.1) is 0 Å². The van der Waals surface area contributed by atoms with Gasteiger partial charge in [-0.25, -0.2) is 19.7 Å². The van der Waals surface area contributed by atoms with Crippen LogP contribution in [0.2, 0.25) is 0 Å². The topological polar surface area (TPSA) is 148 Å². The maximum atomic E-state index is 11.9. The van der Waals surface area contributed by atoms with E-state index in [1.54, 1.807) is 19.3 Å². The zero-order valence-electron chi connectivity index (χ0n) is 22.7. The number of imidazole rings is 1. The van der Waals surface area contributed by atoms with Gasteiger partial charge < -0.3 is 15.0 Å². The Balaban J connectivity index is 1.53. The number of pyridine rings is 1. The maximum absolute atomic E-state index is 11.9. The molecule has 0 radical (unpaired) electrons. The fraction of sp³-hybridized carbons (Fsp3) is 0.571. The van der Waals surface area contributed by atoms with Crippen LogP contribution in [0.5, 0.6) is 0 Å². The Hall–Kier alpha value is -3.60. The minimum absolute atomic E-state index is 0.137. The number of aliphatic hydroxyl groups is 1. The fourth-order valence-corrected chi connectivity index (χ4v) is 5.94. The van der Waals surface area contributed by atoms with Crippen molar-refractivity contribution in [3.05, 3.63) is 46.5 Å². The van der Waals surface area contributed by atoms with E-state index in [9.17, 15) is 9.90 Å². The summed E-state index contributed by atoms with van der Waals surface area (Å²) in [6.07, 6.45) is 11.6. The quantitative estimate of drug-likeness (QED) is 0.303.